The van der Waals surface area contributed by atoms with Crippen LogP contribution in [-0.4, -0.2) is 58.1 Å². The molecule has 1 aliphatic heterocycles. The molecule has 0 spiro atoms. The monoisotopic (exact) mass is 275 g/mol. The number of rotatable bonds is 3. The second-order valence-electron chi connectivity index (χ2n) is 4.57. The Bertz CT molecular complexity index is 591. The smallest absolute Gasteiger partial charge is 0.257 e. The zero-order chi connectivity index (χ0) is 13.9. The van der Waals surface area contributed by atoms with E-state index < -0.39 is 0 Å². The molecule has 1 fully saturated rings. The van der Waals surface area contributed by atoms with Gasteiger partial charge in [-0.15, -0.1) is 0 Å². The second-order valence-corrected chi connectivity index (χ2v) is 4.57. The van der Waals surface area contributed by atoms with Crippen LogP contribution in [0.25, 0.3) is 5.95 Å². The largest absolute Gasteiger partial charge is 0.378 e. The molecule has 20 heavy (non-hydrogen) atoms. The normalized spacial score (nSPS) is 15.4. The maximum atomic E-state index is 5.35. The van der Waals surface area contributed by atoms with Crippen LogP contribution in [-0.2, 0) is 4.74 Å². The summed E-state index contributed by atoms with van der Waals surface area (Å²) in [6.45, 7) is 4.93. The van der Waals surface area contributed by atoms with Crippen LogP contribution in [0.5, 0.6) is 0 Å². The average Bonchev–Trinajstić information content (AvgIpc) is 2.94. The molecular weight excluding hydrogens is 258 g/mol. The van der Waals surface area contributed by atoms with Crippen molar-refractivity contribution in [2.24, 2.45) is 0 Å². The minimum Gasteiger partial charge on any atom is -0.378 e. The first-order valence-corrected chi connectivity index (χ1v) is 6.54. The average molecular weight is 275 g/mol. The number of nitrogens with zero attached hydrogens (tertiary/aromatic N) is 6. The van der Waals surface area contributed by atoms with Crippen molar-refractivity contribution >= 4 is 11.9 Å². The molecular formula is C12H17N7O. The van der Waals surface area contributed by atoms with Crippen molar-refractivity contribution in [3.8, 4) is 5.95 Å². The van der Waals surface area contributed by atoms with Crippen molar-refractivity contribution in [3.05, 3.63) is 18.0 Å². The predicted octanol–water partition coefficient (Wildman–Crippen LogP) is 0.244. The Balaban J connectivity index is 1.97. The summed E-state index contributed by atoms with van der Waals surface area (Å²) < 4.78 is 7.00. The van der Waals surface area contributed by atoms with Crippen LogP contribution in [0.2, 0.25) is 0 Å². The third kappa shape index (κ3) is 2.55. The topological polar surface area (TPSA) is 81.0 Å². The van der Waals surface area contributed by atoms with Gasteiger partial charge in [-0.25, -0.2) is 4.68 Å². The van der Waals surface area contributed by atoms with Gasteiger partial charge >= 0.3 is 0 Å². The molecule has 3 rings (SSSR count). The highest BCUT2D eigenvalue weighted by atomic mass is 16.5. The van der Waals surface area contributed by atoms with Crippen molar-refractivity contribution in [2.75, 3.05) is 43.6 Å². The van der Waals surface area contributed by atoms with Crippen LogP contribution in [0.4, 0.5) is 11.9 Å². The van der Waals surface area contributed by atoms with E-state index in [1.165, 1.54) is 0 Å². The summed E-state index contributed by atoms with van der Waals surface area (Å²) in [5.41, 5.74) is 1.06. The molecule has 0 saturated carbocycles. The lowest BCUT2D eigenvalue weighted by molar-refractivity contribution is 0.122. The van der Waals surface area contributed by atoms with E-state index in [0.29, 0.717) is 31.1 Å². The molecule has 2 aromatic rings. The van der Waals surface area contributed by atoms with Gasteiger partial charge in [0.05, 0.1) is 19.4 Å². The van der Waals surface area contributed by atoms with Crippen molar-refractivity contribution in [3.63, 3.8) is 0 Å². The van der Waals surface area contributed by atoms with Crippen molar-refractivity contribution in [1.29, 1.82) is 0 Å². The number of aromatic nitrogens is 5. The van der Waals surface area contributed by atoms with Gasteiger partial charge in [0.1, 0.15) is 0 Å². The van der Waals surface area contributed by atoms with E-state index in [1.807, 2.05) is 13.1 Å². The summed E-state index contributed by atoms with van der Waals surface area (Å²) in [4.78, 5) is 15.3. The van der Waals surface area contributed by atoms with Gasteiger partial charge in [-0.1, -0.05) is 0 Å². The second kappa shape index (κ2) is 5.41. The molecule has 2 aromatic heterocycles. The summed E-state index contributed by atoms with van der Waals surface area (Å²) in [5.74, 6) is 1.69. The Hall–Kier alpha value is -2.22. The van der Waals surface area contributed by atoms with Gasteiger partial charge < -0.3 is 15.0 Å². The summed E-state index contributed by atoms with van der Waals surface area (Å²) in [6.07, 6.45) is 3.66. The molecule has 0 aliphatic carbocycles. The molecule has 0 bridgehead atoms. The molecule has 0 aromatic carbocycles. The highest BCUT2D eigenvalue weighted by Crippen LogP contribution is 2.14. The number of ether oxygens (including phenoxy) is 1. The minimum absolute atomic E-state index is 0.513. The van der Waals surface area contributed by atoms with E-state index in [-0.39, 0.29) is 0 Å². The number of nitrogens with one attached hydrogen (secondary N) is 1. The van der Waals surface area contributed by atoms with Crippen LogP contribution in [0.1, 0.15) is 5.56 Å². The van der Waals surface area contributed by atoms with E-state index >= 15 is 0 Å². The maximum absolute atomic E-state index is 5.35. The highest BCUT2D eigenvalue weighted by molar-refractivity contribution is 5.40. The van der Waals surface area contributed by atoms with Crippen molar-refractivity contribution in [2.45, 2.75) is 6.92 Å². The lowest BCUT2D eigenvalue weighted by Crippen LogP contribution is -2.37. The molecule has 8 heteroatoms. The molecule has 0 atom stereocenters. The SMILES string of the molecule is CNc1nc(N2CCOCC2)nc(-n2cc(C)cn2)n1. The molecule has 8 nitrogen and oxygen atoms in total. The first kappa shape index (κ1) is 12.8. The number of anilines is 2. The van der Waals surface area contributed by atoms with E-state index in [2.05, 4.69) is 30.3 Å². The molecule has 1 N–H and O–H groups in total. The lowest BCUT2D eigenvalue weighted by Gasteiger charge is -2.26. The minimum atomic E-state index is 0.513. The zero-order valence-corrected chi connectivity index (χ0v) is 11.6. The van der Waals surface area contributed by atoms with Gasteiger partial charge in [0.15, 0.2) is 0 Å². The maximum Gasteiger partial charge on any atom is 0.257 e. The quantitative estimate of drug-likeness (QED) is 0.859. The molecule has 1 saturated heterocycles. The van der Waals surface area contributed by atoms with Gasteiger partial charge in [-0.3, -0.25) is 0 Å². The van der Waals surface area contributed by atoms with E-state index in [0.717, 1.165) is 18.7 Å². The van der Waals surface area contributed by atoms with E-state index in [4.69, 9.17) is 4.74 Å². The van der Waals surface area contributed by atoms with Crippen LogP contribution in [0.15, 0.2) is 12.4 Å². The molecule has 0 radical (unpaired) electrons. The van der Waals surface area contributed by atoms with Crippen molar-refractivity contribution in [1.82, 2.24) is 24.7 Å². The summed E-state index contributed by atoms with van der Waals surface area (Å²) in [7, 11) is 1.79. The molecule has 0 amide bonds. The fourth-order valence-electron chi connectivity index (χ4n) is 2.00. The number of hydrogen-bond donors (Lipinski definition) is 1. The molecule has 1 aliphatic rings. The first-order valence-electron chi connectivity index (χ1n) is 6.54. The van der Waals surface area contributed by atoms with E-state index in [9.17, 15) is 0 Å². The van der Waals surface area contributed by atoms with Gasteiger partial charge in [-0.2, -0.15) is 20.1 Å². The number of hydrogen-bond acceptors (Lipinski definition) is 7. The predicted molar refractivity (Wildman–Crippen MR) is 74.3 cm³/mol. The molecule has 3 heterocycles. The standard InChI is InChI=1S/C12H17N7O/c1-9-7-14-19(8-9)12-16-10(13-2)15-11(17-12)18-3-5-20-6-4-18/h7-8H,3-6H2,1-2H3,(H,13,15,16,17). The van der Waals surface area contributed by atoms with Crippen LogP contribution in [0, 0.1) is 6.92 Å². The Kier molecular flexibility index (Phi) is 3.46. The van der Waals surface area contributed by atoms with Crippen molar-refractivity contribution < 1.29 is 4.74 Å². The Morgan fingerprint density at radius 1 is 1.15 bits per heavy atom. The van der Waals surface area contributed by atoms with Gasteiger partial charge in [-0.05, 0) is 12.5 Å². The summed E-state index contributed by atoms with van der Waals surface area (Å²) >= 11 is 0. The number of morpholine rings is 1. The zero-order valence-electron chi connectivity index (χ0n) is 11.6. The van der Waals surface area contributed by atoms with Gasteiger partial charge in [0.2, 0.25) is 11.9 Å². The summed E-state index contributed by atoms with van der Waals surface area (Å²) in [5, 5.41) is 7.20. The van der Waals surface area contributed by atoms with Crippen LogP contribution < -0.4 is 10.2 Å². The third-order valence-electron chi connectivity index (χ3n) is 3.05. The van der Waals surface area contributed by atoms with Crippen LogP contribution >= 0.6 is 0 Å². The van der Waals surface area contributed by atoms with Gasteiger partial charge in [0, 0.05) is 26.3 Å². The fourth-order valence-corrected chi connectivity index (χ4v) is 2.00. The number of aryl methyl sites for hydroxylation is 1. The van der Waals surface area contributed by atoms with Gasteiger partial charge in [0.25, 0.3) is 5.95 Å². The Morgan fingerprint density at radius 3 is 2.55 bits per heavy atom. The molecule has 0 unspecified atom stereocenters. The highest BCUT2D eigenvalue weighted by Gasteiger charge is 2.17. The fraction of sp³-hybridized carbons (Fsp3) is 0.500. The van der Waals surface area contributed by atoms with E-state index in [1.54, 1.807) is 17.9 Å². The van der Waals surface area contributed by atoms with Crippen LogP contribution in [0.3, 0.4) is 0 Å². The first-order chi connectivity index (χ1) is 9.76. The Labute approximate surface area is 116 Å². The summed E-state index contributed by atoms with van der Waals surface area (Å²) in [6, 6.07) is 0. The third-order valence-corrected chi connectivity index (χ3v) is 3.05. The lowest BCUT2D eigenvalue weighted by atomic mass is 10.4. The Morgan fingerprint density at radius 2 is 1.90 bits per heavy atom. The molecule has 106 valence electrons.